The molecule has 0 N–H and O–H groups in total. The number of nitrogens with zero attached hydrogens (tertiary/aromatic N) is 3. The third-order valence-electron chi connectivity index (χ3n) is 3.66. The van der Waals surface area contributed by atoms with Crippen LogP contribution in [0.25, 0.3) is 10.7 Å². The number of benzene rings is 1. The fraction of sp³-hybridized carbons (Fsp3) is 0.333. The Hall–Kier alpha value is -1.79. The van der Waals surface area contributed by atoms with Crippen LogP contribution in [0.2, 0.25) is 0 Å². The van der Waals surface area contributed by atoms with Crippen molar-refractivity contribution in [3.8, 4) is 16.5 Å². The minimum atomic E-state index is 0.655. The molecule has 0 radical (unpaired) electrons. The molecule has 1 aromatic carbocycles. The van der Waals surface area contributed by atoms with Crippen molar-refractivity contribution in [1.82, 2.24) is 14.8 Å². The molecule has 3 rings (SSSR count). The summed E-state index contributed by atoms with van der Waals surface area (Å²) in [7, 11) is 0. The van der Waals surface area contributed by atoms with Gasteiger partial charge in [-0.05, 0) is 42.5 Å². The second kappa shape index (κ2) is 8.35. The maximum Gasteiger partial charge on any atom is 0.191 e. The molecular formula is C18H21N3OS2. The highest BCUT2D eigenvalue weighted by molar-refractivity contribution is 7.99. The minimum Gasteiger partial charge on any atom is -0.493 e. The van der Waals surface area contributed by atoms with E-state index in [2.05, 4.69) is 52.2 Å². The zero-order valence-electron chi connectivity index (χ0n) is 13.9. The third kappa shape index (κ3) is 3.99. The van der Waals surface area contributed by atoms with E-state index in [1.165, 1.54) is 5.56 Å². The van der Waals surface area contributed by atoms with Gasteiger partial charge in [0, 0.05) is 12.3 Å². The molecule has 0 atom stereocenters. The van der Waals surface area contributed by atoms with Gasteiger partial charge in [-0.25, -0.2) is 0 Å². The first-order valence-electron chi connectivity index (χ1n) is 8.13. The van der Waals surface area contributed by atoms with Crippen LogP contribution in [-0.4, -0.2) is 27.1 Å². The molecular weight excluding hydrogens is 338 g/mol. The van der Waals surface area contributed by atoms with Gasteiger partial charge < -0.3 is 9.30 Å². The molecule has 0 aliphatic carbocycles. The van der Waals surface area contributed by atoms with Crippen LogP contribution in [0.4, 0.5) is 0 Å². The van der Waals surface area contributed by atoms with E-state index >= 15 is 0 Å². The summed E-state index contributed by atoms with van der Waals surface area (Å²) in [5.41, 5.74) is 1.30. The molecule has 24 heavy (non-hydrogen) atoms. The predicted molar refractivity (Wildman–Crippen MR) is 101 cm³/mol. The average Bonchev–Trinajstić information content (AvgIpc) is 3.27. The largest absolute Gasteiger partial charge is 0.493 e. The number of thiophene rings is 1. The first-order chi connectivity index (χ1) is 11.8. The Morgan fingerprint density at radius 2 is 2.08 bits per heavy atom. The van der Waals surface area contributed by atoms with Crippen LogP contribution in [0.5, 0.6) is 5.75 Å². The van der Waals surface area contributed by atoms with Crippen LogP contribution < -0.4 is 4.74 Å². The predicted octanol–water partition coefficient (Wildman–Crippen LogP) is 4.76. The fourth-order valence-electron chi connectivity index (χ4n) is 2.42. The molecule has 0 saturated carbocycles. The maximum absolute atomic E-state index is 5.85. The Morgan fingerprint density at radius 1 is 1.17 bits per heavy atom. The van der Waals surface area contributed by atoms with E-state index in [-0.39, 0.29) is 0 Å². The molecule has 0 spiro atoms. The molecule has 0 bridgehead atoms. The van der Waals surface area contributed by atoms with E-state index < -0.39 is 0 Å². The van der Waals surface area contributed by atoms with Crippen molar-refractivity contribution in [1.29, 1.82) is 0 Å². The van der Waals surface area contributed by atoms with Gasteiger partial charge in [0.2, 0.25) is 0 Å². The Labute approximate surface area is 150 Å². The molecule has 3 aromatic rings. The van der Waals surface area contributed by atoms with E-state index in [1.807, 2.05) is 18.2 Å². The van der Waals surface area contributed by atoms with Crippen LogP contribution in [0.1, 0.15) is 19.4 Å². The monoisotopic (exact) mass is 359 g/mol. The van der Waals surface area contributed by atoms with Gasteiger partial charge in [0.05, 0.1) is 11.5 Å². The molecule has 4 nitrogen and oxygen atoms in total. The lowest BCUT2D eigenvalue weighted by Gasteiger charge is -2.08. The van der Waals surface area contributed by atoms with Crippen molar-refractivity contribution in [2.24, 2.45) is 0 Å². The Kier molecular flexibility index (Phi) is 5.93. The highest BCUT2D eigenvalue weighted by atomic mass is 32.2. The number of hydrogen-bond donors (Lipinski definition) is 0. The van der Waals surface area contributed by atoms with Crippen LogP contribution in [0.3, 0.4) is 0 Å². The SMILES string of the molecule is CCc1cccc(OCCSc2nnc(-c3cccs3)n2CC)c1. The molecule has 2 aromatic heterocycles. The summed E-state index contributed by atoms with van der Waals surface area (Å²) in [6.07, 6.45) is 1.02. The van der Waals surface area contributed by atoms with Crippen molar-refractivity contribution >= 4 is 23.1 Å². The highest BCUT2D eigenvalue weighted by Gasteiger charge is 2.13. The van der Waals surface area contributed by atoms with Crippen LogP contribution in [0.15, 0.2) is 46.9 Å². The summed E-state index contributed by atoms with van der Waals surface area (Å²) >= 11 is 3.38. The van der Waals surface area contributed by atoms with Crippen LogP contribution >= 0.6 is 23.1 Å². The van der Waals surface area contributed by atoms with Gasteiger partial charge in [0.15, 0.2) is 11.0 Å². The molecule has 0 unspecified atom stereocenters. The summed E-state index contributed by atoms with van der Waals surface area (Å²) in [5, 5.41) is 11.7. The molecule has 2 heterocycles. The first kappa shape index (κ1) is 17.0. The first-order valence-corrected chi connectivity index (χ1v) is 10.00. The number of aryl methyl sites for hydroxylation is 1. The summed E-state index contributed by atoms with van der Waals surface area (Å²) in [6, 6.07) is 12.4. The molecule has 0 saturated heterocycles. The molecule has 0 aliphatic heterocycles. The van der Waals surface area contributed by atoms with Gasteiger partial charge >= 0.3 is 0 Å². The Morgan fingerprint density at radius 3 is 2.83 bits per heavy atom. The van der Waals surface area contributed by atoms with Crippen LogP contribution in [0, 0.1) is 0 Å². The summed E-state index contributed by atoms with van der Waals surface area (Å²) < 4.78 is 8.01. The average molecular weight is 360 g/mol. The molecule has 6 heteroatoms. The van der Waals surface area contributed by atoms with E-state index in [1.54, 1.807) is 23.1 Å². The molecule has 0 amide bonds. The molecule has 126 valence electrons. The lowest BCUT2D eigenvalue weighted by molar-refractivity contribution is 0.343. The van der Waals surface area contributed by atoms with Gasteiger partial charge in [-0.2, -0.15) is 0 Å². The molecule has 0 fully saturated rings. The zero-order chi connectivity index (χ0) is 16.8. The van der Waals surface area contributed by atoms with Crippen molar-refractivity contribution in [2.45, 2.75) is 32.0 Å². The lowest BCUT2D eigenvalue weighted by atomic mass is 10.2. The number of rotatable bonds is 8. The normalized spacial score (nSPS) is 10.9. The Balaban J connectivity index is 1.57. The molecule has 0 aliphatic rings. The summed E-state index contributed by atoms with van der Waals surface area (Å²) in [4.78, 5) is 1.16. The van der Waals surface area contributed by atoms with E-state index in [0.717, 1.165) is 40.3 Å². The van der Waals surface area contributed by atoms with Crippen molar-refractivity contribution in [2.75, 3.05) is 12.4 Å². The number of ether oxygens (including phenoxy) is 1. The second-order valence-electron chi connectivity index (χ2n) is 5.23. The quantitative estimate of drug-likeness (QED) is 0.429. The van der Waals surface area contributed by atoms with Crippen molar-refractivity contribution in [3.05, 3.63) is 47.3 Å². The zero-order valence-corrected chi connectivity index (χ0v) is 15.6. The highest BCUT2D eigenvalue weighted by Crippen LogP contribution is 2.27. The standard InChI is InChI=1S/C18H21N3OS2/c1-3-14-7-5-8-15(13-14)22-10-12-24-18-20-19-17(21(18)4-2)16-9-6-11-23-16/h5-9,11,13H,3-4,10,12H2,1-2H3. The summed E-state index contributed by atoms with van der Waals surface area (Å²) in [6.45, 7) is 5.79. The summed E-state index contributed by atoms with van der Waals surface area (Å²) in [5.74, 6) is 2.73. The van der Waals surface area contributed by atoms with Crippen LogP contribution in [-0.2, 0) is 13.0 Å². The third-order valence-corrected chi connectivity index (χ3v) is 5.46. The fourth-order valence-corrected chi connectivity index (χ4v) is 3.95. The van der Waals surface area contributed by atoms with Gasteiger partial charge in [-0.15, -0.1) is 21.5 Å². The van der Waals surface area contributed by atoms with E-state index in [0.29, 0.717) is 6.61 Å². The smallest absolute Gasteiger partial charge is 0.191 e. The number of aromatic nitrogens is 3. The van der Waals surface area contributed by atoms with Gasteiger partial charge in [-0.1, -0.05) is 36.9 Å². The Bertz CT molecular complexity index is 768. The topological polar surface area (TPSA) is 39.9 Å². The van der Waals surface area contributed by atoms with Gasteiger partial charge in [-0.3, -0.25) is 0 Å². The number of thioether (sulfide) groups is 1. The maximum atomic E-state index is 5.85. The minimum absolute atomic E-state index is 0.655. The van der Waals surface area contributed by atoms with Gasteiger partial charge in [0.1, 0.15) is 5.75 Å². The van der Waals surface area contributed by atoms with Gasteiger partial charge in [0.25, 0.3) is 0 Å². The van der Waals surface area contributed by atoms with Crippen molar-refractivity contribution < 1.29 is 4.74 Å². The van der Waals surface area contributed by atoms with E-state index in [4.69, 9.17) is 4.74 Å². The van der Waals surface area contributed by atoms with E-state index in [9.17, 15) is 0 Å². The van der Waals surface area contributed by atoms with Crippen molar-refractivity contribution in [3.63, 3.8) is 0 Å². The number of hydrogen-bond acceptors (Lipinski definition) is 5. The lowest BCUT2D eigenvalue weighted by Crippen LogP contribution is -2.03. The second-order valence-corrected chi connectivity index (χ2v) is 7.24.